The molecule has 3 rings (SSSR count). The lowest BCUT2D eigenvalue weighted by Crippen LogP contribution is -2.03. The highest BCUT2D eigenvalue weighted by molar-refractivity contribution is 9.10. The predicted molar refractivity (Wildman–Crippen MR) is 76.6 cm³/mol. The van der Waals surface area contributed by atoms with Crippen LogP contribution < -0.4 is 5.32 Å². The van der Waals surface area contributed by atoms with Crippen LogP contribution in [0.1, 0.15) is 30.8 Å². The first-order chi connectivity index (χ1) is 9.54. The highest BCUT2D eigenvalue weighted by Gasteiger charge is 2.36. The van der Waals surface area contributed by atoms with Crippen molar-refractivity contribution in [3.8, 4) is 0 Å². The van der Waals surface area contributed by atoms with Crippen molar-refractivity contribution in [3.63, 3.8) is 0 Å². The molecule has 1 aromatic heterocycles. The average molecular weight is 342 g/mol. The molecule has 1 fully saturated rings. The van der Waals surface area contributed by atoms with Crippen LogP contribution in [0.2, 0.25) is 0 Å². The molecule has 0 radical (unpaired) electrons. The van der Waals surface area contributed by atoms with Gasteiger partial charge in [0.25, 0.3) is 0 Å². The highest BCUT2D eigenvalue weighted by atomic mass is 79.9. The number of hydrogen-bond donors (Lipinski definition) is 1. The van der Waals surface area contributed by atoms with Gasteiger partial charge in [-0.15, -0.1) is 0 Å². The summed E-state index contributed by atoms with van der Waals surface area (Å²) in [6.07, 6.45) is 1.15. The number of halogens is 3. The van der Waals surface area contributed by atoms with E-state index in [-0.39, 0.29) is 12.2 Å². The normalized spacial score (nSPS) is 21.0. The second kappa shape index (κ2) is 5.20. The molecule has 106 valence electrons. The Balaban J connectivity index is 1.69. The van der Waals surface area contributed by atoms with Crippen molar-refractivity contribution in [2.45, 2.75) is 25.8 Å². The van der Waals surface area contributed by atoms with Crippen molar-refractivity contribution in [2.75, 3.05) is 5.32 Å². The van der Waals surface area contributed by atoms with E-state index in [0.29, 0.717) is 22.1 Å². The van der Waals surface area contributed by atoms with E-state index >= 15 is 0 Å². The average Bonchev–Trinajstić information content (AvgIpc) is 2.92. The zero-order valence-corrected chi connectivity index (χ0v) is 12.5. The Bertz CT molecular complexity index is 618. The summed E-state index contributed by atoms with van der Waals surface area (Å²) in [5.74, 6) is 1.57. The van der Waals surface area contributed by atoms with Gasteiger partial charge in [-0.25, -0.2) is 8.78 Å². The summed E-state index contributed by atoms with van der Waals surface area (Å²) in [6, 6.07) is 6.25. The summed E-state index contributed by atoms with van der Waals surface area (Å²) in [4.78, 5) is 0. The Hall–Kier alpha value is -1.36. The van der Waals surface area contributed by atoms with Gasteiger partial charge in [-0.3, -0.25) is 0 Å². The van der Waals surface area contributed by atoms with Crippen LogP contribution in [0.5, 0.6) is 0 Å². The summed E-state index contributed by atoms with van der Waals surface area (Å²) in [5, 5.41) is 2.74. The Labute approximate surface area is 124 Å². The quantitative estimate of drug-likeness (QED) is 0.841. The van der Waals surface area contributed by atoms with Crippen molar-refractivity contribution >= 4 is 21.6 Å². The lowest BCUT2D eigenvalue weighted by atomic mass is 10.2. The Kier molecular flexibility index (Phi) is 3.54. The zero-order valence-electron chi connectivity index (χ0n) is 10.9. The van der Waals surface area contributed by atoms with Gasteiger partial charge in [0.15, 0.2) is 0 Å². The Morgan fingerprint density at radius 1 is 1.30 bits per heavy atom. The fourth-order valence-electron chi connectivity index (χ4n) is 2.29. The van der Waals surface area contributed by atoms with Gasteiger partial charge in [-0.2, -0.15) is 0 Å². The molecule has 1 aromatic carbocycles. The predicted octanol–water partition coefficient (Wildman–Crippen LogP) is 5.06. The van der Waals surface area contributed by atoms with Gasteiger partial charge in [0.1, 0.15) is 28.8 Å². The number of benzene rings is 1. The molecule has 2 atom stereocenters. The van der Waals surface area contributed by atoms with Crippen molar-refractivity contribution < 1.29 is 13.2 Å². The molecule has 2 nitrogen and oxygen atoms in total. The molecule has 1 aliphatic rings. The number of rotatable bonds is 4. The molecule has 0 aliphatic heterocycles. The third kappa shape index (κ3) is 2.73. The van der Waals surface area contributed by atoms with Crippen LogP contribution in [0.25, 0.3) is 0 Å². The van der Waals surface area contributed by atoms with Gasteiger partial charge in [0.05, 0.1) is 6.54 Å². The van der Waals surface area contributed by atoms with Crippen LogP contribution in [0.3, 0.4) is 0 Å². The van der Waals surface area contributed by atoms with Crippen LogP contribution in [-0.2, 0) is 6.54 Å². The van der Waals surface area contributed by atoms with E-state index in [1.807, 2.05) is 12.1 Å². The summed E-state index contributed by atoms with van der Waals surface area (Å²) < 4.78 is 33.4. The number of furan rings is 1. The summed E-state index contributed by atoms with van der Waals surface area (Å²) >= 11 is 3.05. The smallest absolute Gasteiger partial charge is 0.150 e. The molecule has 1 heterocycles. The van der Waals surface area contributed by atoms with Gasteiger partial charge < -0.3 is 9.73 Å². The highest BCUT2D eigenvalue weighted by Crippen LogP contribution is 2.47. The molecule has 2 unspecified atom stereocenters. The maximum absolute atomic E-state index is 13.6. The van der Waals surface area contributed by atoms with Gasteiger partial charge in [-0.1, -0.05) is 22.9 Å². The maximum atomic E-state index is 13.6. The maximum Gasteiger partial charge on any atom is 0.150 e. The molecule has 20 heavy (non-hydrogen) atoms. The minimum Gasteiger partial charge on any atom is -0.464 e. The lowest BCUT2D eigenvalue weighted by Gasteiger charge is -2.07. The summed E-state index contributed by atoms with van der Waals surface area (Å²) in [6.45, 7) is 2.44. The number of anilines is 1. The first kappa shape index (κ1) is 13.6. The fourth-order valence-corrected chi connectivity index (χ4v) is 2.70. The molecule has 0 saturated heterocycles. The molecule has 1 aliphatic carbocycles. The number of hydrogen-bond acceptors (Lipinski definition) is 2. The van der Waals surface area contributed by atoms with Crippen molar-refractivity contribution in [1.29, 1.82) is 0 Å². The Morgan fingerprint density at radius 2 is 1.95 bits per heavy atom. The fraction of sp³-hybridized carbons (Fsp3) is 0.333. The molecule has 2 aromatic rings. The van der Waals surface area contributed by atoms with E-state index < -0.39 is 11.6 Å². The molecule has 0 spiro atoms. The molecular formula is C15H14BrF2NO. The minimum atomic E-state index is -0.625. The van der Waals surface area contributed by atoms with E-state index in [0.717, 1.165) is 12.2 Å². The van der Waals surface area contributed by atoms with Crippen LogP contribution >= 0.6 is 15.9 Å². The van der Waals surface area contributed by atoms with Crippen molar-refractivity contribution in [1.82, 2.24) is 0 Å². The monoisotopic (exact) mass is 341 g/mol. The third-order valence-electron chi connectivity index (χ3n) is 3.60. The molecule has 0 bridgehead atoms. The Morgan fingerprint density at radius 3 is 2.55 bits per heavy atom. The van der Waals surface area contributed by atoms with E-state index in [1.165, 1.54) is 12.1 Å². The van der Waals surface area contributed by atoms with Gasteiger partial charge in [0, 0.05) is 10.4 Å². The third-order valence-corrected chi connectivity index (χ3v) is 4.06. The SMILES string of the molecule is CC1CC1c1ccc(CNc2c(F)cc(Br)cc2F)o1. The zero-order chi connectivity index (χ0) is 14.3. The van der Waals surface area contributed by atoms with Crippen LogP contribution in [-0.4, -0.2) is 0 Å². The summed E-state index contributed by atoms with van der Waals surface area (Å²) in [7, 11) is 0. The van der Waals surface area contributed by atoms with Crippen LogP contribution in [0.15, 0.2) is 33.2 Å². The van der Waals surface area contributed by atoms with Crippen molar-refractivity contribution in [2.24, 2.45) is 5.92 Å². The van der Waals surface area contributed by atoms with E-state index in [9.17, 15) is 8.78 Å². The molecular weight excluding hydrogens is 328 g/mol. The van der Waals surface area contributed by atoms with E-state index in [2.05, 4.69) is 28.2 Å². The molecule has 1 N–H and O–H groups in total. The summed E-state index contributed by atoms with van der Waals surface area (Å²) in [5.41, 5.74) is -0.133. The molecule has 0 amide bonds. The second-order valence-corrected chi connectivity index (χ2v) is 6.14. The second-order valence-electron chi connectivity index (χ2n) is 5.22. The van der Waals surface area contributed by atoms with Crippen molar-refractivity contribution in [3.05, 3.63) is 51.9 Å². The first-order valence-electron chi connectivity index (χ1n) is 6.51. The van der Waals surface area contributed by atoms with Gasteiger partial charge in [-0.05, 0) is 36.6 Å². The van der Waals surface area contributed by atoms with Gasteiger partial charge in [0.2, 0.25) is 0 Å². The van der Waals surface area contributed by atoms with E-state index in [1.54, 1.807) is 0 Å². The molecule has 5 heteroatoms. The standard InChI is InChI=1S/C15H14BrF2NO/c1-8-4-11(8)14-3-2-10(20-14)7-19-15-12(17)5-9(16)6-13(15)18/h2-3,5-6,8,11,19H,4,7H2,1H3. The largest absolute Gasteiger partial charge is 0.464 e. The van der Waals surface area contributed by atoms with Crippen LogP contribution in [0, 0.1) is 17.6 Å². The lowest BCUT2D eigenvalue weighted by molar-refractivity contribution is 0.467. The van der Waals surface area contributed by atoms with Gasteiger partial charge >= 0.3 is 0 Å². The first-order valence-corrected chi connectivity index (χ1v) is 7.31. The topological polar surface area (TPSA) is 25.2 Å². The van der Waals surface area contributed by atoms with E-state index in [4.69, 9.17) is 4.42 Å². The van der Waals surface area contributed by atoms with Crippen LogP contribution in [0.4, 0.5) is 14.5 Å². The molecule has 1 saturated carbocycles. The minimum absolute atomic E-state index is 0.133. The number of nitrogens with one attached hydrogen (secondary N) is 1.